The molecule has 0 atom stereocenters. The minimum Gasteiger partial charge on any atom is -0.332 e. The number of likely N-dealkylation sites (N-methyl/N-ethyl adjacent to an activating group) is 1. The maximum atomic E-state index is 11.7. The molecular weight excluding hydrogens is 192 g/mol. The number of nitrogens with one attached hydrogen (secondary N) is 1. The molecule has 1 saturated carbocycles. The zero-order valence-electron chi connectivity index (χ0n) is 9.37. The van der Waals surface area contributed by atoms with Gasteiger partial charge < -0.3 is 15.0 Å². The van der Waals surface area contributed by atoms with Gasteiger partial charge in [0, 0.05) is 6.04 Å². The summed E-state index contributed by atoms with van der Waals surface area (Å²) in [5.74, 6) is 0.0384. The van der Waals surface area contributed by atoms with E-state index in [1.165, 1.54) is 19.3 Å². The Hall–Kier alpha value is -0.900. The predicted octanol–water partition coefficient (Wildman–Crippen LogP) is 0.566. The average Bonchev–Trinajstić information content (AvgIpc) is 2.27. The van der Waals surface area contributed by atoms with Crippen molar-refractivity contribution in [2.45, 2.75) is 38.1 Å². The molecule has 0 aromatic heterocycles. The van der Waals surface area contributed by atoms with Crippen LogP contribution in [0.25, 0.3) is 0 Å². The van der Waals surface area contributed by atoms with Crippen LogP contribution in [0.5, 0.6) is 0 Å². The Kier molecular flexibility index (Phi) is 5.32. The van der Waals surface area contributed by atoms with Crippen LogP contribution in [0.15, 0.2) is 0 Å². The highest BCUT2D eigenvalue weighted by Crippen LogP contribution is 2.22. The van der Waals surface area contributed by atoms with Crippen molar-refractivity contribution in [2.24, 2.45) is 0 Å². The standard InChI is InChI=1S/C11H20N2O2/c1-12-9-11(15)13(7-8-14)10-5-3-2-4-6-10/h8,10,12H,2-7,9H2,1H3. The van der Waals surface area contributed by atoms with E-state index in [0.29, 0.717) is 6.54 Å². The molecular formula is C11H20N2O2. The fourth-order valence-corrected chi connectivity index (χ4v) is 2.18. The Morgan fingerprint density at radius 1 is 1.40 bits per heavy atom. The minimum atomic E-state index is 0.0384. The molecule has 15 heavy (non-hydrogen) atoms. The molecule has 0 aromatic carbocycles. The van der Waals surface area contributed by atoms with Gasteiger partial charge in [0.1, 0.15) is 6.29 Å². The first-order chi connectivity index (χ1) is 7.29. The highest BCUT2D eigenvalue weighted by atomic mass is 16.2. The lowest BCUT2D eigenvalue weighted by atomic mass is 9.94. The number of carbonyl (C=O) groups excluding carboxylic acids is 2. The molecule has 4 nitrogen and oxygen atoms in total. The molecule has 0 unspecified atom stereocenters. The first kappa shape index (κ1) is 12.2. The Morgan fingerprint density at radius 3 is 2.60 bits per heavy atom. The van der Waals surface area contributed by atoms with Crippen molar-refractivity contribution < 1.29 is 9.59 Å². The van der Waals surface area contributed by atoms with Gasteiger partial charge in [-0.2, -0.15) is 0 Å². The lowest BCUT2D eigenvalue weighted by Gasteiger charge is -2.33. The third-order valence-corrected chi connectivity index (χ3v) is 2.94. The second-order valence-corrected chi connectivity index (χ2v) is 4.03. The van der Waals surface area contributed by atoms with E-state index in [0.717, 1.165) is 19.1 Å². The van der Waals surface area contributed by atoms with E-state index in [4.69, 9.17) is 0 Å². The molecule has 1 amide bonds. The molecule has 0 saturated heterocycles. The van der Waals surface area contributed by atoms with Crippen molar-refractivity contribution in [3.63, 3.8) is 0 Å². The van der Waals surface area contributed by atoms with Gasteiger partial charge in [-0.25, -0.2) is 0 Å². The molecule has 0 aromatic rings. The maximum Gasteiger partial charge on any atom is 0.237 e. The van der Waals surface area contributed by atoms with Crippen molar-refractivity contribution in [1.29, 1.82) is 0 Å². The molecule has 4 heteroatoms. The van der Waals surface area contributed by atoms with E-state index in [9.17, 15) is 9.59 Å². The van der Waals surface area contributed by atoms with Gasteiger partial charge in [-0.1, -0.05) is 19.3 Å². The van der Waals surface area contributed by atoms with Gasteiger partial charge in [0.05, 0.1) is 13.1 Å². The summed E-state index contributed by atoms with van der Waals surface area (Å²) >= 11 is 0. The first-order valence-corrected chi connectivity index (χ1v) is 5.67. The highest BCUT2D eigenvalue weighted by Gasteiger charge is 2.24. The van der Waals surface area contributed by atoms with E-state index in [1.807, 2.05) is 0 Å². The smallest absolute Gasteiger partial charge is 0.237 e. The van der Waals surface area contributed by atoms with Crippen molar-refractivity contribution in [2.75, 3.05) is 20.1 Å². The topological polar surface area (TPSA) is 49.4 Å². The van der Waals surface area contributed by atoms with Crippen molar-refractivity contribution in [1.82, 2.24) is 10.2 Å². The number of nitrogens with zero attached hydrogens (tertiary/aromatic N) is 1. The van der Waals surface area contributed by atoms with Gasteiger partial charge in [-0.15, -0.1) is 0 Å². The van der Waals surface area contributed by atoms with Crippen LogP contribution in [0.1, 0.15) is 32.1 Å². The fourth-order valence-electron chi connectivity index (χ4n) is 2.18. The third kappa shape index (κ3) is 3.63. The Morgan fingerprint density at radius 2 is 2.07 bits per heavy atom. The molecule has 1 N–H and O–H groups in total. The quantitative estimate of drug-likeness (QED) is 0.678. The van der Waals surface area contributed by atoms with Crippen LogP contribution in [-0.4, -0.2) is 43.3 Å². The molecule has 1 rings (SSSR count). The minimum absolute atomic E-state index is 0.0384. The van der Waals surface area contributed by atoms with Crippen molar-refractivity contribution >= 4 is 12.2 Å². The number of hydrogen-bond donors (Lipinski definition) is 1. The van der Waals surface area contributed by atoms with Crippen LogP contribution in [-0.2, 0) is 9.59 Å². The molecule has 1 fully saturated rings. The Balaban J connectivity index is 2.54. The molecule has 86 valence electrons. The molecule has 0 heterocycles. The average molecular weight is 212 g/mol. The normalized spacial score (nSPS) is 17.4. The highest BCUT2D eigenvalue weighted by molar-refractivity contribution is 5.80. The molecule has 1 aliphatic rings. The summed E-state index contributed by atoms with van der Waals surface area (Å²) in [7, 11) is 1.75. The van der Waals surface area contributed by atoms with Crippen molar-refractivity contribution in [3.05, 3.63) is 0 Å². The van der Waals surface area contributed by atoms with Gasteiger partial charge in [0.2, 0.25) is 5.91 Å². The van der Waals surface area contributed by atoms with Crippen LogP contribution < -0.4 is 5.32 Å². The van der Waals surface area contributed by atoms with Crippen LogP contribution >= 0.6 is 0 Å². The van der Waals surface area contributed by atoms with Gasteiger partial charge in [-0.05, 0) is 19.9 Å². The van der Waals surface area contributed by atoms with E-state index in [2.05, 4.69) is 5.32 Å². The zero-order valence-corrected chi connectivity index (χ0v) is 9.37. The first-order valence-electron chi connectivity index (χ1n) is 5.67. The Labute approximate surface area is 91.0 Å². The largest absolute Gasteiger partial charge is 0.332 e. The summed E-state index contributed by atoms with van der Waals surface area (Å²) < 4.78 is 0. The van der Waals surface area contributed by atoms with E-state index >= 15 is 0 Å². The lowest BCUT2D eigenvalue weighted by Crippen LogP contribution is -2.45. The Bertz CT molecular complexity index is 213. The maximum absolute atomic E-state index is 11.7. The van der Waals surface area contributed by atoms with E-state index < -0.39 is 0 Å². The number of aldehydes is 1. The molecule has 0 radical (unpaired) electrons. The second-order valence-electron chi connectivity index (χ2n) is 4.03. The monoisotopic (exact) mass is 212 g/mol. The summed E-state index contributed by atoms with van der Waals surface area (Å²) in [6.45, 7) is 0.565. The molecule has 0 spiro atoms. The van der Waals surface area contributed by atoms with Crippen LogP contribution in [0, 0.1) is 0 Å². The van der Waals surface area contributed by atoms with Crippen LogP contribution in [0.3, 0.4) is 0 Å². The number of hydrogen-bond acceptors (Lipinski definition) is 3. The molecule has 0 bridgehead atoms. The summed E-state index contributed by atoms with van der Waals surface area (Å²) in [5, 5.41) is 2.84. The van der Waals surface area contributed by atoms with Crippen LogP contribution in [0.4, 0.5) is 0 Å². The van der Waals surface area contributed by atoms with E-state index in [-0.39, 0.29) is 18.5 Å². The van der Waals surface area contributed by atoms with Gasteiger partial charge in [0.15, 0.2) is 0 Å². The zero-order chi connectivity index (χ0) is 11.1. The molecule has 0 aliphatic heterocycles. The van der Waals surface area contributed by atoms with Gasteiger partial charge in [0.25, 0.3) is 0 Å². The lowest BCUT2D eigenvalue weighted by molar-refractivity contribution is -0.135. The van der Waals surface area contributed by atoms with Crippen molar-refractivity contribution in [3.8, 4) is 0 Å². The van der Waals surface area contributed by atoms with Gasteiger partial charge in [-0.3, -0.25) is 4.79 Å². The van der Waals surface area contributed by atoms with E-state index in [1.54, 1.807) is 11.9 Å². The predicted molar refractivity (Wildman–Crippen MR) is 58.6 cm³/mol. The number of amides is 1. The summed E-state index contributed by atoms with van der Waals surface area (Å²) in [6, 6.07) is 0.282. The van der Waals surface area contributed by atoms with Crippen LogP contribution in [0.2, 0.25) is 0 Å². The SMILES string of the molecule is CNCC(=O)N(CC=O)C1CCCCC1. The summed E-state index contributed by atoms with van der Waals surface area (Å²) in [6.07, 6.45) is 6.51. The third-order valence-electron chi connectivity index (χ3n) is 2.94. The summed E-state index contributed by atoms with van der Waals surface area (Å²) in [4.78, 5) is 24.0. The number of rotatable bonds is 5. The fraction of sp³-hybridized carbons (Fsp3) is 0.818. The second kappa shape index (κ2) is 6.56. The number of carbonyl (C=O) groups is 2. The van der Waals surface area contributed by atoms with Gasteiger partial charge >= 0.3 is 0 Å². The summed E-state index contributed by atoms with van der Waals surface area (Å²) in [5.41, 5.74) is 0. The molecule has 1 aliphatic carbocycles.